The van der Waals surface area contributed by atoms with Gasteiger partial charge in [-0.15, -0.1) is 0 Å². The number of ether oxygens (including phenoxy) is 2. The quantitative estimate of drug-likeness (QED) is 0.749. The lowest BCUT2D eigenvalue weighted by molar-refractivity contribution is 0.0600. The van der Waals surface area contributed by atoms with Crippen molar-refractivity contribution in [3.05, 3.63) is 65.2 Å². The largest absolute Gasteiger partial charge is 0.465 e. The maximum atomic E-state index is 12.5. The van der Waals surface area contributed by atoms with Crippen LogP contribution in [0.2, 0.25) is 0 Å². The van der Waals surface area contributed by atoms with Crippen LogP contribution < -0.4 is 10.6 Å². The Hall–Kier alpha value is -3.19. The van der Waals surface area contributed by atoms with Gasteiger partial charge >= 0.3 is 5.97 Å². The van der Waals surface area contributed by atoms with Crippen LogP contribution in [-0.4, -0.2) is 44.1 Å². The van der Waals surface area contributed by atoms with E-state index in [0.29, 0.717) is 28.9 Å². The average molecular weight is 382 g/mol. The molecule has 0 bridgehead atoms. The Morgan fingerprint density at radius 2 is 1.75 bits per heavy atom. The molecule has 3 rings (SSSR count). The third-order valence-corrected chi connectivity index (χ3v) is 4.44. The van der Waals surface area contributed by atoms with Crippen molar-refractivity contribution in [2.45, 2.75) is 18.9 Å². The molecular formula is C21H22N2O5. The van der Waals surface area contributed by atoms with Crippen LogP contribution in [0.4, 0.5) is 5.69 Å². The summed E-state index contributed by atoms with van der Waals surface area (Å²) in [5.74, 6) is -1.12. The summed E-state index contributed by atoms with van der Waals surface area (Å²) in [5.41, 5.74) is 1.53. The molecule has 1 aliphatic heterocycles. The van der Waals surface area contributed by atoms with Crippen LogP contribution in [0.15, 0.2) is 48.5 Å². The van der Waals surface area contributed by atoms with E-state index in [1.54, 1.807) is 36.4 Å². The minimum absolute atomic E-state index is 0.0533. The highest BCUT2D eigenvalue weighted by atomic mass is 16.5. The topological polar surface area (TPSA) is 93.7 Å². The Morgan fingerprint density at radius 3 is 2.46 bits per heavy atom. The van der Waals surface area contributed by atoms with E-state index in [-0.39, 0.29) is 17.9 Å². The lowest BCUT2D eigenvalue weighted by Crippen LogP contribution is -2.31. The zero-order valence-corrected chi connectivity index (χ0v) is 15.6. The third kappa shape index (κ3) is 4.95. The van der Waals surface area contributed by atoms with E-state index in [9.17, 15) is 14.4 Å². The molecule has 1 aliphatic rings. The third-order valence-electron chi connectivity index (χ3n) is 4.44. The molecule has 2 amide bonds. The van der Waals surface area contributed by atoms with Gasteiger partial charge in [0.05, 0.1) is 18.8 Å². The Labute approximate surface area is 163 Å². The highest BCUT2D eigenvalue weighted by Gasteiger charge is 2.17. The predicted octanol–water partition coefficient (Wildman–Crippen LogP) is 2.63. The monoisotopic (exact) mass is 382 g/mol. The normalized spacial score (nSPS) is 15.7. The molecule has 0 spiro atoms. The molecule has 28 heavy (non-hydrogen) atoms. The van der Waals surface area contributed by atoms with E-state index >= 15 is 0 Å². The van der Waals surface area contributed by atoms with E-state index in [1.807, 2.05) is 0 Å². The number of esters is 1. The summed E-state index contributed by atoms with van der Waals surface area (Å²) < 4.78 is 10.2. The molecule has 1 atom stereocenters. The molecule has 2 aromatic rings. The standard InChI is InChI=1S/C21H22N2O5/c1-27-21(26)16-7-3-8-17(12-16)23-20(25)15-6-2-5-14(11-15)19(24)22-13-18-9-4-10-28-18/h2-3,5-8,11-12,18H,4,9-10,13H2,1H3,(H,22,24)(H,23,25). The van der Waals surface area contributed by atoms with Gasteiger partial charge in [-0.2, -0.15) is 0 Å². The first-order chi connectivity index (χ1) is 13.6. The zero-order valence-electron chi connectivity index (χ0n) is 15.6. The van der Waals surface area contributed by atoms with Crippen molar-refractivity contribution in [2.24, 2.45) is 0 Å². The second kappa shape index (κ2) is 9.14. The Bertz CT molecular complexity index is 875. The van der Waals surface area contributed by atoms with Crippen LogP contribution in [0.1, 0.15) is 43.9 Å². The summed E-state index contributed by atoms with van der Waals surface area (Å²) in [6, 6.07) is 12.9. The van der Waals surface area contributed by atoms with E-state index < -0.39 is 5.97 Å². The van der Waals surface area contributed by atoms with Crippen molar-refractivity contribution in [1.82, 2.24) is 5.32 Å². The van der Waals surface area contributed by atoms with Gasteiger partial charge in [-0.25, -0.2) is 4.79 Å². The highest BCUT2D eigenvalue weighted by Crippen LogP contribution is 2.15. The highest BCUT2D eigenvalue weighted by molar-refractivity contribution is 6.06. The fourth-order valence-corrected chi connectivity index (χ4v) is 2.96. The van der Waals surface area contributed by atoms with Crippen molar-refractivity contribution in [2.75, 3.05) is 25.6 Å². The van der Waals surface area contributed by atoms with Gasteiger partial charge in [0.2, 0.25) is 0 Å². The average Bonchev–Trinajstić information content (AvgIpc) is 3.25. The molecule has 146 valence electrons. The second-order valence-electron chi connectivity index (χ2n) is 6.45. The number of rotatable bonds is 6. The summed E-state index contributed by atoms with van der Waals surface area (Å²) in [5, 5.41) is 5.56. The number of anilines is 1. The summed E-state index contributed by atoms with van der Waals surface area (Å²) in [6.07, 6.45) is 2.00. The number of methoxy groups -OCH3 is 1. The molecule has 2 aromatic carbocycles. The molecule has 0 saturated carbocycles. The maximum absolute atomic E-state index is 12.5. The first-order valence-corrected chi connectivity index (χ1v) is 9.06. The van der Waals surface area contributed by atoms with Gasteiger partial charge < -0.3 is 20.1 Å². The van der Waals surface area contributed by atoms with Crippen LogP contribution in [0.25, 0.3) is 0 Å². The van der Waals surface area contributed by atoms with Crippen LogP contribution in [-0.2, 0) is 9.47 Å². The molecule has 0 aromatic heterocycles. The molecule has 0 aliphatic carbocycles. The molecule has 1 fully saturated rings. The van der Waals surface area contributed by atoms with E-state index in [1.165, 1.54) is 19.2 Å². The van der Waals surface area contributed by atoms with Gasteiger partial charge in [0, 0.05) is 30.0 Å². The summed E-state index contributed by atoms with van der Waals surface area (Å²) in [4.78, 5) is 36.5. The van der Waals surface area contributed by atoms with E-state index in [2.05, 4.69) is 15.4 Å². The molecule has 1 unspecified atom stereocenters. The first kappa shape index (κ1) is 19.6. The van der Waals surface area contributed by atoms with Crippen molar-refractivity contribution in [3.63, 3.8) is 0 Å². The molecule has 7 nitrogen and oxygen atoms in total. The van der Waals surface area contributed by atoms with Crippen LogP contribution in [0, 0.1) is 0 Å². The SMILES string of the molecule is COC(=O)c1cccc(NC(=O)c2cccc(C(=O)NCC3CCCO3)c2)c1. The summed E-state index contributed by atoms with van der Waals surface area (Å²) in [7, 11) is 1.29. The van der Waals surface area contributed by atoms with Crippen LogP contribution >= 0.6 is 0 Å². The molecule has 1 saturated heterocycles. The van der Waals surface area contributed by atoms with Gasteiger partial charge in [0.1, 0.15) is 0 Å². The number of hydrogen-bond acceptors (Lipinski definition) is 5. The number of carbonyl (C=O) groups is 3. The molecule has 1 heterocycles. The smallest absolute Gasteiger partial charge is 0.337 e. The number of hydrogen-bond donors (Lipinski definition) is 2. The molecule has 2 N–H and O–H groups in total. The zero-order chi connectivity index (χ0) is 19.9. The number of nitrogens with one attached hydrogen (secondary N) is 2. The van der Waals surface area contributed by atoms with Gasteiger partial charge in [-0.3, -0.25) is 9.59 Å². The maximum Gasteiger partial charge on any atom is 0.337 e. The fourth-order valence-electron chi connectivity index (χ4n) is 2.96. The van der Waals surface area contributed by atoms with Crippen molar-refractivity contribution in [1.29, 1.82) is 0 Å². The van der Waals surface area contributed by atoms with E-state index in [0.717, 1.165) is 19.4 Å². The molecule has 7 heteroatoms. The second-order valence-corrected chi connectivity index (χ2v) is 6.45. The minimum atomic E-state index is -0.485. The van der Waals surface area contributed by atoms with Crippen molar-refractivity contribution < 1.29 is 23.9 Å². The van der Waals surface area contributed by atoms with Crippen LogP contribution in [0.5, 0.6) is 0 Å². The predicted molar refractivity (Wildman–Crippen MR) is 103 cm³/mol. The number of amides is 2. The first-order valence-electron chi connectivity index (χ1n) is 9.06. The Kier molecular flexibility index (Phi) is 6.39. The summed E-state index contributed by atoms with van der Waals surface area (Å²) >= 11 is 0. The lowest BCUT2D eigenvalue weighted by Gasteiger charge is -2.11. The number of benzene rings is 2. The van der Waals surface area contributed by atoms with Crippen molar-refractivity contribution in [3.8, 4) is 0 Å². The molecular weight excluding hydrogens is 360 g/mol. The van der Waals surface area contributed by atoms with E-state index in [4.69, 9.17) is 4.74 Å². The Balaban J connectivity index is 1.65. The minimum Gasteiger partial charge on any atom is -0.465 e. The van der Waals surface area contributed by atoms with Gasteiger partial charge in [-0.05, 0) is 49.2 Å². The van der Waals surface area contributed by atoms with Crippen molar-refractivity contribution >= 4 is 23.5 Å². The summed E-state index contributed by atoms with van der Waals surface area (Å²) in [6.45, 7) is 1.18. The molecule has 0 radical (unpaired) electrons. The fraction of sp³-hybridized carbons (Fsp3) is 0.286. The van der Waals surface area contributed by atoms with Gasteiger partial charge in [0.25, 0.3) is 11.8 Å². The number of carbonyl (C=O) groups excluding carboxylic acids is 3. The van der Waals surface area contributed by atoms with Gasteiger partial charge in [0.15, 0.2) is 0 Å². The van der Waals surface area contributed by atoms with Crippen LogP contribution in [0.3, 0.4) is 0 Å². The lowest BCUT2D eigenvalue weighted by atomic mass is 10.1. The Morgan fingerprint density at radius 1 is 1.04 bits per heavy atom. The van der Waals surface area contributed by atoms with Gasteiger partial charge in [-0.1, -0.05) is 12.1 Å².